The highest BCUT2D eigenvalue weighted by Crippen LogP contribution is 2.31. The zero-order valence-corrected chi connectivity index (χ0v) is 14.6. The normalized spacial score (nSPS) is 19.5. The molecule has 3 rings (SSSR count). The minimum atomic E-state index is -0.344. The van der Waals surface area contributed by atoms with E-state index in [4.69, 9.17) is 5.26 Å². The number of nitriles is 1. The van der Waals surface area contributed by atoms with Crippen molar-refractivity contribution in [1.29, 1.82) is 5.26 Å². The predicted molar refractivity (Wildman–Crippen MR) is 94.3 cm³/mol. The Morgan fingerprint density at radius 3 is 1.80 bits per heavy atom. The van der Waals surface area contributed by atoms with Crippen molar-refractivity contribution in [3.63, 3.8) is 0 Å². The Hall–Kier alpha value is -2.35. The second-order valence-corrected chi connectivity index (χ2v) is 6.90. The standard InChI is InChI=1S/C20H25N3O2/c21-15-16-9-11-17(12-10-16)20(22-13-5-1-3-7-18(22)24)23-14-6-2-4-8-19(23)25/h9-12,20H,1-8,13-14H2. The van der Waals surface area contributed by atoms with Gasteiger partial charge in [0.15, 0.2) is 0 Å². The van der Waals surface area contributed by atoms with Gasteiger partial charge < -0.3 is 9.80 Å². The second kappa shape index (κ2) is 8.15. The van der Waals surface area contributed by atoms with E-state index in [9.17, 15) is 9.59 Å². The van der Waals surface area contributed by atoms with Crippen LogP contribution >= 0.6 is 0 Å². The maximum absolute atomic E-state index is 12.7. The lowest BCUT2D eigenvalue weighted by Crippen LogP contribution is -2.47. The van der Waals surface area contributed by atoms with Crippen LogP contribution in [0, 0.1) is 11.3 Å². The molecule has 5 nitrogen and oxygen atoms in total. The van der Waals surface area contributed by atoms with Crippen molar-refractivity contribution in [3.8, 4) is 6.07 Å². The molecule has 0 N–H and O–H groups in total. The Labute approximate surface area is 149 Å². The minimum Gasteiger partial charge on any atom is -0.318 e. The van der Waals surface area contributed by atoms with Gasteiger partial charge in [-0.05, 0) is 43.4 Å². The molecule has 2 amide bonds. The number of carbonyl (C=O) groups is 2. The lowest BCUT2D eigenvalue weighted by atomic mass is 10.1. The summed E-state index contributed by atoms with van der Waals surface area (Å²) >= 11 is 0. The number of hydrogen-bond donors (Lipinski definition) is 0. The number of amides is 2. The summed E-state index contributed by atoms with van der Waals surface area (Å²) in [6.45, 7) is 1.38. The van der Waals surface area contributed by atoms with Crippen LogP contribution in [0.1, 0.15) is 68.7 Å². The largest absolute Gasteiger partial charge is 0.318 e. The fourth-order valence-electron chi connectivity index (χ4n) is 3.78. The van der Waals surface area contributed by atoms with Crippen LogP contribution in [0.4, 0.5) is 0 Å². The molecule has 2 heterocycles. The van der Waals surface area contributed by atoms with Crippen molar-refractivity contribution in [2.24, 2.45) is 0 Å². The first-order valence-corrected chi connectivity index (χ1v) is 9.30. The molecule has 132 valence electrons. The van der Waals surface area contributed by atoms with Crippen molar-refractivity contribution >= 4 is 11.8 Å². The summed E-state index contributed by atoms with van der Waals surface area (Å²) in [6.07, 6.45) is 6.65. The highest BCUT2D eigenvalue weighted by molar-refractivity contribution is 5.80. The van der Waals surface area contributed by atoms with Crippen LogP contribution in [0.15, 0.2) is 24.3 Å². The first kappa shape index (κ1) is 17.5. The topological polar surface area (TPSA) is 64.4 Å². The van der Waals surface area contributed by atoms with Gasteiger partial charge in [-0.25, -0.2) is 0 Å². The molecule has 0 radical (unpaired) electrons. The van der Waals surface area contributed by atoms with Gasteiger partial charge in [-0.2, -0.15) is 5.26 Å². The molecule has 5 heteroatoms. The minimum absolute atomic E-state index is 0.129. The SMILES string of the molecule is N#Cc1ccc(C(N2CCCCCC2=O)N2CCCCCC2=O)cc1. The summed E-state index contributed by atoms with van der Waals surface area (Å²) in [6, 6.07) is 9.45. The quantitative estimate of drug-likeness (QED) is 0.848. The van der Waals surface area contributed by atoms with Crippen molar-refractivity contribution < 1.29 is 9.59 Å². The van der Waals surface area contributed by atoms with Gasteiger partial charge in [0.05, 0.1) is 11.6 Å². The van der Waals surface area contributed by atoms with E-state index in [1.54, 1.807) is 12.1 Å². The number of benzene rings is 1. The van der Waals surface area contributed by atoms with Crippen molar-refractivity contribution in [2.45, 2.75) is 57.5 Å². The number of carbonyl (C=O) groups excluding carboxylic acids is 2. The van der Waals surface area contributed by atoms with E-state index in [-0.39, 0.29) is 18.0 Å². The van der Waals surface area contributed by atoms with Gasteiger partial charge in [0.1, 0.15) is 6.17 Å². The average molecular weight is 339 g/mol. The summed E-state index contributed by atoms with van der Waals surface area (Å²) in [4.78, 5) is 29.2. The molecular weight excluding hydrogens is 314 g/mol. The third kappa shape index (κ3) is 4.01. The number of nitrogens with zero attached hydrogens (tertiary/aromatic N) is 3. The molecule has 25 heavy (non-hydrogen) atoms. The summed E-state index contributed by atoms with van der Waals surface area (Å²) in [7, 11) is 0. The first-order valence-electron chi connectivity index (χ1n) is 9.30. The smallest absolute Gasteiger partial charge is 0.224 e. The molecule has 1 aromatic rings. The van der Waals surface area contributed by atoms with Crippen LogP contribution in [-0.2, 0) is 9.59 Å². The second-order valence-electron chi connectivity index (χ2n) is 6.90. The molecule has 0 aliphatic carbocycles. The lowest BCUT2D eigenvalue weighted by molar-refractivity contribution is -0.146. The molecule has 1 aromatic carbocycles. The molecule has 0 atom stereocenters. The monoisotopic (exact) mass is 339 g/mol. The van der Waals surface area contributed by atoms with E-state index < -0.39 is 0 Å². The lowest BCUT2D eigenvalue weighted by Gasteiger charge is -2.39. The number of hydrogen-bond acceptors (Lipinski definition) is 3. The fourth-order valence-corrected chi connectivity index (χ4v) is 3.78. The maximum Gasteiger partial charge on any atom is 0.224 e. The summed E-state index contributed by atoms with van der Waals surface area (Å²) < 4.78 is 0. The van der Waals surface area contributed by atoms with Gasteiger partial charge in [0, 0.05) is 25.9 Å². The summed E-state index contributed by atoms with van der Waals surface area (Å²) in [5.74, 6) is 0.257. The van der Waals surface area contributed by atoms with Crippen LogP contribution in [0.3, 0.4) is 0 Å². The van der Waals surface area contributed by atoms with E-state index in [1.807, 2.05) is 21.9 Å². The molecule has 0 saturated carbocycles. The Kier molecular flexibility index (Phi) is 5.70. The van der Waals surface area contributed by atoms with E-state index in [1.165, 1.54) is 0 Å². The van der Waals surface area contributed by atoms with Gasteiger partial charge in [-0.1, -0.05) is 25.0 Å². The fraction of sp³-hybridized carbons (Fsp3) is 0.550. The van der Waals surface area contributed by atoms with Crippen LogP contribution in [-0.4, -0.2) is 34.7 Å². The maximum atomic E-state index is 12.7. The van der Waals surface area contributed by atoms with Gasteiger partial charge in [-0.3, -0.25) is 9.59 Å². The third-order valence-electron chi connectivity index (χ3n) is 5.15. The van der Waals surface area contributed by atoms with Gasteiger partial charge in [0.25, 0.3) is 0 Å². The molecular formula is C20H25N3O2. The van der Waals surface area contributed by atoms with E-state index in [0.717, 1.165) is 44.1 Å². The molecule has 0 aromatic heterocycles. The van der Waals surface area contributed by atoms with Gasteiger partial charge in [0.2, 0.25) is 11.8 Å². The predicted octanol–water partition coefficient (Wildman–Crippen LogP) is 3.36. The van der Waals surface area contributed by atoms with Crippen molar-refractivity contribution in [2.75, 3.05) is 13.1 Å². The van der Waals surface area contributed by atoms with E-state index >= 15 is 0 Å². The highest BCUT2D eigenvalue weighted by atomic mass is 16.2. The Morgan fingerprint density at radius 1 is 0.800 bits per heavy atom. The van der Waals surface area contributed by atoms with Crippen molar-refractivity contribution in [1.82, 2.24) is 9.80 Å². The number of rotatable bonds is 3. The van der Waals surface area contributed by atoms with Crippen molar-refractivity contribution in [3.05, 3.63) is 35.4 Å². The van der Waals surface area contributed by atoms with Crippen LogP contribution in [0.25, 0.3) is 0 Å². The molecule has 2 saturated heterocycles. The summed E-state index contributed by atoms with van der Waals surface area (Å²) in [5.41, 5.74) is 1.51. The Morgan fingerprint density at radius 2 is 1.32 bits per heavy atom. The average Bonchev–Trinajstić information content (AvgIpc) is 2.97. The van der Waals surface area contributed by atoms with E-state index in [0.29, 0.717) is 31.5 Å². The zero-order chi connectivity index (χ0) is 17.6. The third-order valence-corrected chi connectivity index (χ3v) is 5.15. The Bertz CT molecular complexity index is 633. The van der Waals surface area contributed by atoms with Gasteiger partial charge in [-0.15, -0.1) is 0 Å². The van der Waals surface area contributed by atoms with Crippen LogP contribution in [0.2, 0.25) is 0 Å². The molecule has 0 spiro atoms. The molecule has 0 unspecified atom stereocenters. The van der Waals surface area contributed by atoms with Crippen LogP contribution in [0.5, 0.6) is 0 Å². The highest BCUT2D eigenvalue weighted by Gasteiger charge is 2.34. The van der Waals surface area contributed by atoms with E-state index in [2.05, 4.69) is 6.07 Å². The van der Waals surface area contributed by atoms with Gasteiger partial charge >= 0.3 is 0 Å². The number of likely N-dealkylation sites (tertiary alicyclic amines) is 2. The summed E-state index contributed by atoms with van der Waals surface area (Å²) in [5, 5.41) is 9.04. The Balaban J connectivity index is 1.98. The molecule has 2 aliphatic heterocycles. The van der Waals surface area contributed by atoms with Crippen LogP contribution < -0.4 is 0 Å². The molecule has 0 bridgehead atoms. The molecule has 2 aliphatic rings. The zero-order valence-electron chi connectivity index (χ0n) is 14.6. The first-order chi connectivity index (χ1) is 12.2. The molecule has 2 fully saturated rings.